The van der Waals surface area contributed by atoms with Crippen LogP contribution in [0.15, 0.2) is 12.1 Å². The van der Waals surface area contributed by atoms with Crippen LogP contribution < -0.4 is 9.47 Å². The number of hydrogen-bond acceptors (Lipinski definition) is 3. The molecule has 0 amide bonds. The number of aliphatic hydroxyl groups is 1. The van der Waals surface area contributed by atoms with Crippen LogP contribution >= 0.6 is 11.6 Å². The van der Waals surface area contributed by atoms with Gasteiger partial charge in [-0.05, 0) is 13.0 Å². The van der Waals surface area contributed by atoms with Crippen LogP contribution in [0.25, 0.3) is 0 Å². The van der Waals surface area contributed by atoms with Gasteiger partial charge in [0.1, 0.15) is 11.5 Å². The summed E-state index contributed by atoms with van der Waals surface area (Å²) >= 11 is 5.91. The fourth-order valence-corrected chi connectivity index (χ4v) is 1.46. The fourth-order valence-electron chi connectivity index (χ4n) is 1.21. The molecular formula is C10H13ClO3. The topological polar surface area (TPSA) is 38.7 Å². The van der Waals surface area contributed by atoms with Crippen molar-refractivity contribution in [2.24, 2.45) is 0 Å². The molecule has 0 aliphatic carbocycles. The largest absolute Gasteiger partial charge is 0.496 e. The van der Waals surface area contributed by atoms with Crippen LogP contribution in [-0.2, 0) is 0 Å². The number of methoxy groups -OCH3 is 2. The lowest BCUT2D eigenvalue weighted by Crippen LogP contribution is -1.97. The Morgan fingerprint density at radius 2 is 1.79 bits per heavy atom. The van der Waals surface area contributed by atoms with E-state index in [1.165, 1.54) is 14.2 Å². The minimum absolute atomic E-state index is 0.462. The van der Waals surface area contributed by atoms with Gasteiger partial charge in [0.15, 0.2) is 0 Å². The third kappa shape index (κ3) is 2.11. The Bertz CT molecular complexity index is 323. The molecule has 3 nitrogen and oxygen atoms in total. The predicted molar refractivity (Wildman–Crippen MR) is 55.2 cm³/mol. The lowest BCUT2D eigenvalue weighted by Gasteiger charge is -2.13. The van der Waals surface area contributed by atoms with Gasteiger partial charge in [-0.3, -0.25) is 0 Å². The van der Waals surface area contributed by atoms with Crippen molar-refractivity contribution in [3.8, 4) is 11.5 Å². The van der Waals surface area contributed by atoms with Crippen molar-refractivity contribution in [2.45, 2.75) is 13.0 Å². The van der Waals surface area contributed by atoms with Gasteiger partial charge in [-0.1, -0.05) is 11.6 Å². The second kappa shape index (κ2) is 4.53. The van der Waals surface area contributed by atoms with E-state index in [1.807, 2.05) is 0 Å². The van der Waals surface area contributed by atoms with Crippen molar-refractivity contribution < 1.29 is 14.6 Å². The highest BCUT2D eigenvalue weighted by atomic mass is 35.5. The van der Waals surface area contributed by atoms with Crippen molar-refractivity contribution in [3.05, 3.63) is 22.7 Å². The van der Waals surface area contributed by atoms with E-state index in [4.69, 9.17) is 21.1 Å². The summed E-state index contributed by atoms with van der Waals surface area (Å²) in [4.78, 5) is 0. The molecule has 1 aromatic rings. The van der Waals surface area contributed by atoms with Gasteiger partial charge in [0.25, 0.3) is 0 Å². The number of rotatable bonds is 3. The summed E-state index contributed by atoms with van der Waals surface area (Å²) in [5.74, 6) is 1.11. The van der Waals surface area contributed by atoms with E-state index in [0.29, 0.717) is 22.1 Å². The van der Waals surface area contributed by atoms with Gasteiger partial charge in [-0.25, -0.2) is 0 Å². The highest BCUT2D eigenvalue weighted by Crippen LogP contribution is 2.35. The molecule has 0 radical (unpaired) electrons. The Morgan fingerprint density at radius 3 is 2.21 bits per heavy atom. The van der Waals surface area contributed by atoms with Crippen LogP contribution in [-0.4, -0.2) is 19.3 Å². The molecule has 0 fully saturated rings. The first-order chi connectivity index (χ1) is 6.60. The minimum Gasteiger partial charge on any atom is -0.496 e. The number of ether oxygens (including phenoxy) is 2. The normalized spacial score (nSPS) is 12.4. The van der Waals surface area contributed by atoms with E-state index < -0.39 is 6.10 Å². The van der Waals surface area contributed by atoms with E-state index in [-0.39, 0.29) is 0 Å². The van der Waals surface area contributed by atoms with Gasteiger partial charge in [0.2, 0.25) is 0 Å². The van der Waals surface area contributed by atoms with Crippen molar-refractivity contribution in [2.75, 3.05) is 14.2 Å². The molecule has 1 rings (SSSR count). The number of halogens is 1. The van der Waals surface area contributed by atoms with Gasteiger partial charge in [-0.15, -0.1) is 0 Å². The van der Waals surface area contributed by atoms with E-state index in [0.717, 1.165) is 0 Å². The molecule has 1 N–H and O–H groups in total. The molecule has 0 aliphatic rings. The molecule has 4 heteroatoms. The summed E-state index contributed by atoms with van der Waals surface area (Å²) in [5, 5.41) is 9.91. The van der Waals surface area contributed by atoms with Crippen LogP contribution in [0, 0.1) is 0 Å². The molecule has 0 unspecified atom stereocenters. The van der Waals surface area contributed by atoms with E-state index in [9.17, 15) is 5.11 Å². The molecule has 0 saturated heterocycles. The van der Waals surface area contributed by atoms with Gasteiger partial charge in [0.05, 0.1) is 25.3 Å². The predicted octanol–water partition coefficient (Wildman–Crippen LogP) is 2.41. The number of benzene rings is 1. The van der Waals surface area contributed by atoms with Gasteiger partial charge < -0.3 is 14.6 Å². The van der Waals surface area contributed by atoms with Crippen molar-refractivity contribution in [1.82, 2.24) is 0 Å². The molecule has 0 bridgehead atoms. The molecule has 14 heavy (non-hydrogen) atoms. The van der Waals surface area contributed by atoms with E-state index >= 15 is 0 Å². The SMILES string of the molecule is COc1cc(OC)c([C@H](C)O)cc1Cl. The summed E-state index contributed by atoms with van der Waals surface area (Å²) in [7, 11) is 3.07. The standard InChI is InChI=1S/C10H13ClO3/c1-6(12)7-4-8(11)10(14-3)5-9(7)13-2/h4-6,12H,1-3H3/t6-/m0/s1. The van der Waals surface area contributed by atoms with Crippen molar-refractivity contribution in [1.29, 1.82) is 0 Å². The Morgan fingerprint density at radius 1 is 1.21 bits per heavy atom. The number of hydrogen-bond donors (Lipinski definition) is 1. The summed E-state index contributed by atoms with van der Waals surface area (Å²) in [6.45, 7) is 1.65. The Labute approximate surface area is 88.2 Å². The molecule has 0 heterocycles. The summed E-state index contributed by atoms with van der Waals surface area (Å²) in [5.41, 5.74) is 0.651. The fraction of sp³-hybridized carbons (Fsp3) is 0.400. The zero-order valence-electron chi connectivity index (χ0n) is 8.37. The van der Waals surface area contributed by atoms with Crippen molar-refractivity contribution >= 4 is 11.6 Å². The highest BCUT2D eigenvalue weighted by Gasteiger charge is 2.13. The Kier molecular flexibility index (Phi) is 3.61. The monoisotopic (exact) mass is 216 g/mol. The Hall–Kier alpha value is -0.930. The molecular weight excluding hydrogens is 204 g/mol. The quantitative estimate of drug-likeness (QED) is 0.844. The Balaban J connectivity index is 3.24. The molecule has 1 aromatic carbocycles. The average Bonchev–Trinajstić information content (AvgIpc) is 2.17. The van der Waals surface area contributed by atoms with Crippen LogP contribution in [0.4, 0.5) is 0 Å². The summed E-state index contributed by atoms with van der Waals surface area (Å²) in [6, 6.07) is 3.30. The second-order valence-corrected chi connectivity index (χ2v) is 3.31. The first kappa shape index (κ1) is 11.1. The highest BCUT2D eigenvalue weighted by molar-refractivity contribution is 6.32. The third-order valence-corrected chi connectivity index (χ3v) is 2.25. The maximum Gasteiger partial charge on any atom is 0.141 e. The van der Waals surface area contributed by atoms with Gasteiger partial charge in [0, 0.05) is 11.6 Å². The maximum atomic E-state index is 9.44. The lowest BCUT2D eigenvalue weighted by atomic mass is 10.1. The minimum atomic E-state index is -0.617. The number of aliphatic hydroxyl groups excluding tert-OH is 1. The maximum absolute atomic E-state index is 9.44. The van der Waals surface area contributed by atoms with Crippen LogP contribution in [0.2, 0.25) is 5.02 Å². The van der Waals surface area contributed by atoms with Crippen molar-refractivity contribution in [3.63, 3.8) is 0 Å². The lowest BCUT2D eigenvalue weighted by molar-refractivity contribution is 0.194. The third-order valence-electron chi connectivity index (χ3n) is 1.95. The molecule has 0 aliphatic heterocycles. The molecule has 0 spiro atoms. The summed E-state index contributed by atoms with van der Waals surface area (Å²) in [6.07, 6.45) is -0.617. The first-order valence-electron chi connectivity index (χ1n) is 4.19. The van der Waals surface area contributed by atoms with Crippen LogP contribution in [0.3, 0.4) is 0 Å². The average molecular weight is 217 g/mol. The first-order valence-corrected chi connectivity index (χ1v) is 4.57. The van der Waals surface area contributed by atoms with E-state index in [2.05, 4.69) is 0 Å². The van der Waals surface area contributed by atoms with Crippen LogP contribution in [0.5, 0.6) is 11.5 Å². The molecule has 1 atom stereocenters. The summed E-state index contributed by atoms with van der Waals surface area (Å²) < 4.78 is 10.1. The smallest absolute Gasteiger partial charge is 0.141 e. The zero-order chi connectivity index (χ0) is 10.7. The van der Waals surface area contributed by atoms with Crippen LogP contribution in [0.1, 0.15) is 18.6 Å². The van der Waals surface area contributed by atoms with E-state index in [1.54, 1.807) is 19.1 Å². The zero-order valence-corrected chi connectivity index (χ0v) is 9.13. The van der Waals surface area contributed by atoms with Gasteiger partial charge in [-0.2, -0.15) is 0 Å². The second-order valence-electron chi connectivity index (χ2n) is 2.90. The molecule has 0 aromatic heterocycles. The van der Waals surface area contributed by atoms with Gasteiger partial charge >= 0.3 is 0 Å². The molecule has 78 valence electrons. The molecule has 0 saturated carbocycles.